The zero-order valence-corrected chi connectivity index (χ0v) is 18.5. The molecule has 0 radical (unpaired) electrons. The van der Waals surface area contributed by atoms with Crippen LogP contribution < -0.4 is 10.6 Å². The summed E-state index contributed by atoms with van der Waals surface area (Å²) in [5, 5.41) is 19.2. The third kappa shape index (κ3) is 5.89. The minimum absolute atomic E-state index is 0.000185. The highest BCUT2D eigenvalue weighted by Gasteiger charge is 2.17. The van der Waals surface area contributed by atoms with Crippen molar-refractivity contribution in [3.63, 3.8) is 0 Å². The third-order valence-corrected chi connectivity index (χ3v) is 5.82. The fourth-order valence-corrected chi connectivity index (χ4v) is 4.10. The number of phenolic OH excluding ortho intramolecular Hbond substituents is 1. The number of hydrogen-bond acceptors (Lipinski definition) is 7. The van der Waals surface area contributed by atoms with Crippen LogP contribution in [0.1, 0.15) is 59.7 Å². The van der Waals surface area contributed by atoms with E-state index >= 15 is 0 Å². The van der Waals surface area contributed by atoms with Gasteiger partial charge in [0, 0.05) is 36.4 Å². The fraction of sp³-hybridized carbons (Fsp3) is 0.458. The second-order valence-corrected chi connectivity index (χ2v) is 8.66. The number of fused-ring (bicyclic) bond motifs is 1. The van der Waals surface area contributed by atoms with Gasteiger partial charge in [-0.2, -0.15) is 0 Å². The second kappa shape index (κ2) is 10.5. The predicted molar refractivity (Wildman–Crippen MR) is 124 cm³/mol. The van der Waals surface area contributed by atoms with E-state index in [1.807, 2.05) is 13.8 Å². The molecular weight excluding hydrogens is 392 g/mol. The topological polar surface area (TPSA) is 94.0 Å². The lowest BCUT2D eigenvalue weighted by atomic mass is 9.99. The number of phenols is 1. The van der Waals surface area contributed by atoms with Gasteiger partial charge in [0.15, 0.2) is 6.29 Å². The molecule has 1 saturated heterocycles. The molecule has 2 aliphatic rings. The summed E-state index contributed by atoms with van der Waals surface area (Å²) in [5.74, 6) is 0.0922. The third-order valence-electron chi connectivity index (χ3n) is 5.82. The van der Waals surface area contributed by atoms with E-state index in [4.69, 9.17) is 0 Å². The fourth-order valence-electron chi connectivity index (χ4n) is 4.10. The molecule has 2 aromatic carbocycles. The number of aldehydes is 1. The monoisotopic (exact) mass is 424 g/mol. The molecule has 0 aliphatic carbocycles. The van der Waals surface area contributed by atoms with Crippen LogP contribution in [-0.4, -0.2) is 42.5 Å². The Morgan fingerprint density at radius 1 is 1.16 bits per heavy atom. The number of carbonyl (C=O) groups is 1. The van der Waals surface area contributed by atoms with Gasteiger partial charge in [0.05, 0.1) is 0 Å². The van der Waals surface area contributed by atoms with Crippen LogP contribution in [-0.2, 0) is 13.1 Å². The van der Waals surface area contributed by atoms with Crippen molar-refractivity contribution in [1.29, 1.82) is 0 Å². The SMILES string of the molecule is CC(C)c1cc(C=O)c(N=O)cc1O.CN1Cc2ccc(NC3CCNCC3)cc2C1. The molecule has 0 amide bonds. The summed E-state index contributed by atoms with van der Waals surface area (Å²) in [6, 6.07) is 10.2. The molecule has 31 heavy (non-hydrogen) atoms. The van der Waals surface area contributed by atoms with Gasteiger partial charge in [-0.15, -0.1) is 4.91 Å². The largest absolute Gasteiger partial charge is 0.508 e. The summed E-state index contributed by atoms with van der Waals surface area (Å²) in [6.07, 6.45) is 3.02. The normalized spacial score (nSPS) is 16.4. The molecule has 166 valence electrons. The van der Waals surface area contributed by atoms with Gasteiger partial charge < -0.3 is 15.7 Å². The summed E-state index contributed by atoms with van der Waals surface area (Å²) >= 11 is 0. The molecule has 1 fully saturated rings. The van der Waals surface area contributed by atoms with E-state index in [9.17, 15) is 14.8 Å². The first-order chi connectivity index (χ1) is 14.9. The maximum absolute atomic E-state index is 10.6. The van der Waals surface area contributed by atoms with E-state index in [1.54, 1.807) is 0 Å². The molecule has 2 aromatic rings. The summed E-state index contributed by atoms with van der Waals surface area (Å²) < 4.78 is 0. The molecule has 0 bridgehead atoms. The van der Waals surface area contributed by atoms with Crippen molar-refractivity contribution < 1.29 is 9.90 Å². The van der Waals surface area contributed by atoms with E-state index in [-0.39, 0.29) is 22.9 Å². The van der Waals surface area contributed by atoms with Gasteiger partial charge in [0.2, 0.25) is 0 Å². The van der Waals surface area contributed by atoms with E-state index < -0.39 is 0 Å². The number of rotatable bonds is 5. The first kappa shape index (κ1) is 22.9. The first-order valence-electron chi connectivity index (χ1n) is 10.8. The Morgan fingerprint density at radius 2 is 1.87 bits per heavy atom. The average molecular weight is 425 g/mol. The highest BCUT2D eigenvalue weighted by atomic mass is 16.3. The van der Waals surface area contributed by atoms with Gasteiger partial charge in [-0.3, -0.25) is 9.69 Å². The maximum Gasteiger partial charge on any atom is 0.152 e. The lowest BCUT2D eigenvalue weighted by molar-refractivity contribution is 0.112. The van der Waals surface area contributed by atoms with Crippen LogP contribution in [0.4, 0.5) is 11.4 Å². The average Bonchev–Trinajstić information content (AvgIpc) is 3.13. The summed E-state index contributed by atoms with van der Waals surface area (Å²) in [7, 11) is 2.18. The first-order valence-corrected chi connectivity index (χ1v) is 10.8. The Bertz CT molecular complexity index is 923. The highest BCUT2D eigenvalue weighted by Crippen LogP contribution is 2.32. The van der Waals surface area contributed by atoms with Gasteiger partial charge in [-0.25, -0.2) is 0 Å². The molecule has 7 heteroatoms. The van der Waals surface area contributed by atoms with Gasteiger partial charge in [-0.1, -0.05) is 19.9 Å². The van der Waals surface area contributed by atoms with Crippen LogP contribution in [0.15, 0.2) is 35.5 Å². The number of aromatic hydroxyl groups is 1. The number of hydrogen-bond donors (Lipinski definition) is 3. The number of piperidine rings is 1. The van der Waals surface area contributed by atoms with Gasteiger partial charge >= 0.3 is 0 Å². The molecule has 0 spiro atoms. The lowest BCUT2D eigenvalue weighted by Gasteiger charge is -2.24. The van der Waals surface area contributed by atoms with Gasteiger partial charge in [0.1, 0.15) is 11.4 Å². The lowest BCUT2D eigenvalue weighted by Crippen LogP contribution is -2.35. The molecule has 2 aliphatic heterocycles. The van der Waals surface area contributed by atoms with Crippen molar-refractivity contribution >= 4 is 17.7 Å². The van der Waals surface area contributed by atoms with E-state index in [0.29, 0.717) is 17.9 Å². The quantitative estimate of drug-likeness (QED) is 0.483. The van der Waals surface area contributed by atoms with Crippen LogP contribution in [0.5, 0.6) is 5.75 Å². The van der Waals surface area contributed by atoms with Crippen LogP contribution in [0, 0.1) is 4.91 Å². The predicted octanol–water partition coefficient (Wildman–Crippen LogP) is 4.52. The van der Waals surface area contributed by atoms with Crippen LogP contribution >= 0.6 is 0 Å². The van der Waals surface area contributed by atoms with Crippen LogP contribution in [0.2, 0.25) is 0 Å². The molecule has 0 unspecified atom stereocenters. The molecule has 3 N–H and O–H groups in total. The Kier molecular flexibility index (Phi) is 7.76. The Morgan fingerprint density at radius 3 is 2.52 bits per heavy atom. The number of carbonyl (C=O) groups excluding carboxylic acids is 1. The Labute approximate surface area is 183 Å². The smallest absolute Gasteiger partial charge is 0.152 e. The number of nitrogens with zero attached hydrogens (tertiary/aromatic N) is 2. The Hall–Kier alpha value is -2.77. The van der Waals surface area contributed by atoms with Crippen molar-refractivity contribution in [1.82, 2.24) is 10.2 Å². The molecule has 0 aromatic heterocycles. The molecule has 4 rings (SSSR count). The zero-order valence-electron chi connectivity index (χ0n) is 18.5. The molecule has 7 nitrogen and oxygen atoms in total. The zero-order chi connectivity index (χ0) is 22.4. The van der Waals surface area contributed by atoms with E-state index in [2.05, 4.69) is 46.0 Å². The summed E-state index contributed by atoms with van der Waals surface area (Å²) in [6.45, 7) is 8.26. The van der Waals surface area contributed by atoms with Crippen molar-refractivity contribution in [2.24, 2.45) is 5.18 Å². The number of benzene rings is 2. The number of nitrogens with one attached hydrogen (secondary N) is 2. The Balaban J connectivity index is 0.000000180. The standard InChI is InChI=1S/C14H21N3.C10H11NO3/c1-17-9-11-2-3-14(8-12(11)10-17)16-13-4-6-15-7-5-13;1-6(2)8-3-7(5-12)9(11-14)4-10(8)13/h2-3,8,13,15-16H,4-7,9-10H2,1H3;3-6,13H,1-2H3. The van der Waals surface area contributed by atoms with Crippen LogP contribution in [0.3, 0.4) is 0 Å². The molecule has 0 saturated carbocycles. The number of nitroso groups, excluding NO2 is 1. The van der Waals surface area contributed by atoms with E-state index in [1.165, 1.54) is 41.8 Å². The number of anilines is 1. The highest BCUT2D eigenvalue weighted by molar-refractivity contribution is 5.84. The van der Waals surface area contributed by atoms with Crippen LogP contribution in [0.25, 0.3) is 0 Å². The van der Waals surface area contributed by atoms with Crippen molar-refractivity contribution in [3.8, 4) is 5.75 Å². The molecule has 2 heterocycles. The van der Waals surface area contributed by atoms with Gasteiger partial charge in [-0.05, 0) is 79.0 Å². The minimum atomic E-state index is -0.0260. The van der Waals surface area contributed by atoms with E-state index in [0.717, 1.165) is 26.2 Å². The summed E-state index contributed by atoms with van der Waals surface area (Å²) in [4.78, 5) is 23.3. The van der Waals surface area contributed by atoms with Gasteiger partial charge in [0.25, 0.3) is 0 Å². The molecular formula is C24H32N4O3. The van der Waals surface area contributed by atoms with Crippen molar-refractivity contribution in [3.05, 3.63) is 57.5 Å². The molecule has 0 atom stereocenters. The maximum atomic E-state index is 10.6. The van der Waals surface area contributed by atoms with Crippen molar-refractivity contribution in [2.45, 2.75) is 51.7 Å². The van der Waals surface area contributed by atoms with Crippen molar-refractivity contribution in [2.75, 3.05) is 25.5 Å². The minimum Gasteiger partial charge on any atom is -0.508 e. The summed E-state index contributed by atoms with van der Waals surface area (Å²) in [5.41, 5.74) is 5.10. The second-order valence-electron chi connectivity index (χ2n) is 8.66.